The van der Waals surface area contributed by atoms with Gasteiger partial charge in [0.1, 0.15) is 5.82 Å². The monoisotopic (exact) mass is 418 g/mol. The van der Waals surface area contributed by atoms with Gasteiger partial charge in [-0.05, 0) is 55.9 Å². The van der Waals surface area contributed by atoms with Gasteiger partial charge in [0.2, 0.25) is 10.0 Å². The zero-order valence-electron chi connectivity index (χ0n) is 17.2. The Morgan fingerprint density at radius 1 is 1.31 bits per heavy atom. The molecule has 2 N–H and O–H groups in total. The fourth-order valence-electron chi connectivity index (χ4n) is 3.82. The summed E-state index contributed by atoms with van der Waals surface area (Å²) in [5.41, 5.74) is 3.67. The molecule has 3 aromatic rings. The third kappa shape index (κ3) is 3.83. The van der Waals surface area contributed by atoms with Crippen molar-refractivity contribution in [1.82, 2.24) is 19.5 Å². The third-order valence-corrected chi connectivity index (χ3v) is 7.46. The first kappa shape index (κ1) is 20.1. The van der Waals surface area contributed by atoms with Crippen molar-refractivity contribution < 1.29 is 12.8 Å². The summed E-state index contributed by atoms with van der Waals surface area (Å²) in [6.45, 7) is 8.70. The largest absolute Gasteiger partial charge is 0.347 e. The van der Waals surface area contributed by atoms with Crippen LogP contribution in [-0.4, -0.2) is 28.4 Å². The molecular weight excluding hydrogens is 391 g/mol. The van der Waals surface area contributed by atoms with E-state index in [1.54, 1.807) is 6.20 Å². The number of H-pyrrole nitrogens is 1. The number of hydrogen-bond donors (Lipinski definition) is 2. The van der Waals surface area contributed by atoms with Crippen molar-refractivity contribution in [2.75, 3.05) is 0 Å². The standard InChI is InChI=1S/C21H27FN4O2S/c1-12(2)10-26-11-18(14(4)25-29(27,28)15-5-6-15)16-7-19(22)17(8-20(16)26)21-13(3)9-23-24-21/h7-9,11-12,14-15,25H,5-6,10H2,1-4H3,(H,23,24)/t14-/m1/s1. The molecule has 1 fully saturated rings. The van der Waals surface area contributed by atoms with Crippen LogP contribution in [0.3, 0.4) is 0 Å². The van der Waals surface area contributed by atoms with Crippen LogP contribution in [0.2, 0.25) is 0 Å². The first-order chi connectivity index (χ1) is 13.7. The van der Waals surface area contributed by atoms with E-state index in [-0.39, 0.29) is 11.1 Å². The molecule has 1 aliphatic rings. The second-order valence-electron chi connectivity index (χ2n) is 8.49. The molecule has 4 rings (SSSR count). The summed E-state index contributed by atoms with van der Waals surface area (Å²) in [5.74, 6) is 0.0324. The first-order valence-electron chi connectivity index (χ1n) is 10.0. The van der Waals surface area contributed by atoms with Crippen LogP contribution in [-0.2, 0) is 16.6 Å². The number of sulfonamides is 1. The highest BCUT2D eigenvalue weighted by molar-refractivity contribution is 7.90. The molecule has 0 bridgehead atoms. The average Bonchev–Trinajstić information content (AvgIpc) is 3.34. The van der Waals surface area contributed by atoms with Crippen LogP contribution in [0, 0.1) is 18.7 Å². The van der Waals surface area contributed by atoms with Gasteiger partial charge in [-0.3, -0.25) is 5.10 Å². The molecule has 0 spiro atoms. The summed E-state index contributed by atoms with van der Waals surface area (Å²) < 4.78 is 44.7. The molecule has 0 amide bonds. The van der Waals surface area contributed by atoms with Crippen LogP contribution in [0.1, 0.15) is 50.8 Å². The van der Waals surface area contributed by atoms with Crippen molar-refractivity contribution in [2.45, 2.75) is 58.4 Å². The van der Waals surface area contributed by atoms with Crippen LogP contribution >= 0.6 is 0 Å². The van der Waals surface area contributed by atoms with Crippen LogP contribution in [0.25, 0.3) is 22.2 Å². The minimum absolute atomic E-state index is 0.291. The summed E-state index contributed by atoms with van der Waals surface area (Å²) >= 11 is 0. The van der Waals surface area contributed by atoms with Gasteiger partial charge in [0.15, 0.2) is 0 Å². The highest BCUT2D eigenvalue weighted by Crippen LogP contribution is 2.35. The SMILES string of the molecule is Cc1cn[nH]c1-c1cc2c(cc1F)c([C@@H](C)NS(=O)(=O)C1CC1)cn2CC(C)C. The van der Waals surface area contributed by atoms with Crippen molar-refractivity contribution in [1.29, 1.82) is 0 Å². The molecule has 2 aromatic heterocycles. The van der Waals surface area contributed by atoms with E-state index in [2.05, 4.69) is 33.3 Å². The molecule has 1 atom stereocenters. The molecule has 6 nitrogen and oxygen atoms in total. The Balaban J connectivity index is 1.83. The van der Waals surface area contributed by atoms with Crippen molar-refractivity contribution in [2.24, 2.45) is 5.92 Å². The summed E-state index contributed by atoms with van der Waals surface area (Å²) in [4.78, 5) is 0. The van der Waals surface area contributed by atoms with Crippen LogP contribution in [0.5, 0.6) is 0 Å². The van der Waals surface area contributed by atoms with E-state index in [1.807, 2.05) is 26.1 Å². The van der Waals surface area contributed by atoms with Gasteiger partial charge in [0, 0.05) is 35.2 Å². The number of hydrogen-bond acceptors (Lipinski definition) is 3. The second-order valence-corrected chi connectivity index (χ2v) is 10.5. The Kier molecular flexibility index (Phi) is 5.02. The van der Waals surface area contributed by atoms with Crippen molar-refractivity contribution in [3.05, 3.63) is 41.5 Å². The van der Waals surface area contributed by atoms with Gasteiger partial charge < -0.3 is 4.57 Å². The fraction of sp³-hybridized carbons (Fsp3) is 0.476. The zero-order valence-corrected chi connectivity index (χ0v) is 18.0. The molecule has 8 heteroatoms. The Hall–Kier alpha value is -2.19. The lowest BCUT2D eigenvalue weighted by Gasteiger charge is -2.13. The van der Waals surface area contributed by atoms with Gasteiger partial charge in [-0.15, -0.1) is 0 Å². The number of rotatable bonds is 7. The number of aromatic nitrogens is 3. The smallest absolute Gasteiger partial charge is 0.215 e. The highest BCUT2D eigenvalue weighted by atomic mass is 32.2. The van der Waals surface area contributed by atoms with E-state index in [0.717, 1.165) is 28.6 Å². The first-order valence-corrected chi connectivity index (χ1v) is 11.6. The van der Waals surface area contributed by atoms with Gasteiger partial charge >= 0.3 is 0 Å². The van der Waals surface area contributed by atoms with Gasteiger partial charge in [0.05, 0.1) is 17.1 Å². The molecule has 0 unspecified atom stereocenters. The molecule has 0 saturated heterocycles. The van der Waals surface area contributed by atoms with E-state index in [9.17, 15) is 8.42 Å². The molecule has 156 valence electrons. The Labute approximate surface area is 170 Å². The molecule has 29 heavy (non-hydrogen) atoms. The molecular formula is C21H27FN4O2S. The van der Waals surface area contributed by atoms with Crippen molar-refractivity contribution in [3.63, 3.8) is 0 Å². The maximum atomic E-state index is 15.1. The lowest BCUT2D eigenvalue weighted by Crippen LogP contribution is -2.29. The minimum Gasteiger partial charge on any atom is -0.347 e. The minimum atomic E-state index is -3.34. The fourth-order valence-corrected chi connectivity index (χ4v) is 5.39. The normalized spacial score (nSPS) is 16.1. The lowest BCUT2D eigenvalue weighted by atomic mass is 10.0. The van der Waals surface area contributed by atoms with Crippen molar-refractivity contribution >= 4 is 20.9 Å². The summed E-state index contributed by atoms with van der Waals surface area (Å²) in [6.07, 6.45) is 5.04. The highest BCUT2D eigenvalue weighted by Gasteiger charge is 2.37. The maximum absolute atomic E-state index is 15.1. The second kappa shape index (κ2) is 7.25. The predicted octanol–water partition coefficient (Wildman–Crippen LogP) is 4.28. The van der Waals surface area contributed by atoms with Crippen LogP contribution in [0.4, 0.5) is 4.39 Å². The van der Waals surface area contributed by atoms with E-state index in [1.165, 1.54) is 6.07 Å². The van der Waals surface area contributed by atoms with Gasteiger partial charge in [-0.25, -0.2) is 17.5 Å². The Morgan fingerprint density at radius 3 is 2.62 bits per heavy atom. The third-order valence-electron chi connectivity index (χ3n) is 5.43. The molecule has 0 radical (unpaired) electrons. The van der Waals surface area contributed by atoms with Crippen LogP contribution < -0.4 is 4.72 Å². The van der Waals surface area contributed by atoms with Gasteiger partial charge in [-0.2, -0.15) is 5.10 Å². The molecule has 1 saturated carbocycles. The van der Waals surface area contributed by atoms with E-state index in [0.29, 0.717) is 30.0 Å². The predicted molar refractivity (Wildman–Crippen MR) is 113 cm³/mol. The van der Waals surface area contributed by atoms with Crippen LogP contribution in [0.15, 0.2) is 24.5 Å². The van der Waals surface area contributed by atoms with Gasteiger partial charge in [-0.1, -0.05) is 13.8 Å². The van der Waals surface area contributed by atoms with Gasteiger partial charge in [0.25, 0.3) is 0 Å². The average molecular weight is 419 g/mol. The zero-order chi connectivity index (χ0) is 20.9. The quantitative estimate of drug-likeness (QED) is 0.601. The lowest BCUT2D eigenvalue weighted by molar-refractivity contribution is 0.532. The number of nitrogens with one attached hydrogen (secondary N) is 2. The van der Waals surface area contributed by atoms with Crippen molar-refractivity contribution in [3.8, 4) is 11.3 Å². The molecule has 2 heterocycles. The summed E-state index contributed by atoms with van der Waals surface area (Å²) in [6, 6.07) is 2.91. The number of benzene rings is 1. The number of halogens is 1. The Morgan fingerprint density at radius 2 is 2.03 bits per heavy atom. The van der Waals surface area contributed by atoms with E-state index in [4.69, 9.17) is 0 Å². The number of fused-ring (bicyclic) bond motifs is 1. The number of aromatic amines is 1. The maximum Gasteiger partial charge on any atom is 0.215 e. The Bertz CT molecular complexity index is 1160. The topological polar surface area (TPSA) is 79.8 Å². The summed E-state index contributed by atoms with van der Waals surface area (Å²) in [5, 5.41) is 7.33. The molecule has 1 aromatic carbocycles. The van der Waals surface area contributed by atoms with E-state index < -0.39 is 16.1 Å². The van der Waals surface area contributed by atoms with E-state index >= 15 is 4.39 Å². The molecule has 1 aliphatic carbocycles. The number of aryl methyl sites for hydroxylation is 1. The number of nitrogens with zero attached hydrogens (tertiary/aromatic N) is 2. The summed E-state index contributed by atoms with van der Waals surface area (Å²) in [7, 11) is -3.34. The molecule has 0 aliphatic heterocycles.